The van der Waals surface area contributed by atoms with Gasteiger partial charge in [0, 0.05) is 18.6 Å². The molecule has 0 spiro atoms. The van der Waals surface area contributed by atoms with Crippen LogP contribution < -0.4 is 10.1 Å². The highest BCUT2D eigenvalue weighted by Gasteiger charge is 2.17. The average molecular weight is 268 g/mol. The molecular weight excluding hydrogens is 243 g/mol. The van der Waals surface area contributed by atoms with Crippen molar-refractivity contribution < 1.29 is 9.13 Å². The molecule has 0 heterocycles. The van der Waals surface area contributed by atoms with Crippen molar-refractivity contribution in [2.24, 2.45) is 0 Å². The van der Waals surface area contributed by atoms with E-state index in [2.05, 4.69) is 31.1 Å². The van der Waals surface area contributed by atoms with Crippen LogP contribution in [0.5, 0.6) is 5.75 Å². The van der Waals surface area contributed by atoms with E-state index < -0.39 is 0 Å². The van der Waals surface area contributed by atoms with Crippen molar-refractivity contribution in [1.29, 1.82) is 0 Å². The first kappa shape index (κ1) is 15.9. The van der Waals surface area contributed by atoms with E-state index in [9.17, 15) is 4.39 Å². The van der Waals surface area contributed by atoms with Gasteiger partial charge in [-0.25, -0.2) is 4.39 Å². The molecule has 108 valence electrons. The molecule has 0 saturated carbocycles. The first-order chi connectivity index (χ1) is 8.88. The van der Waals surface area contributed by atoms with Gasteiger partial charge in [0.25, 0.3) is 0 Å². The van der Waals surface area contributed by atoms with Gasteiger partial charge in [0.05, 0.1) is 7.11 Å². The second-order valence-electron chi connectivity index (χ2n) is 5.58. The SMILES string of the molecule is CNC(C)(C)CN(C)CCc1cc(F)ccc1OC. The molecule has 0 fully saturated rings. The molecule has 4 heteroatoms. The molecule has 0 saturated heterocycles. The summed E-state index contributed by atoms with van der Waals surface area (Å²) < 4.78 is 18.5. The maximum absolute atomic E-state index is 13.3. The quantitative estimate of drug-likeness (QED) is 0.821. The van der Waals surface area contributed by atoms with E-state index in [1.54, 1.807) is 19.2 Å². The van der Waals surface area contributed by atoms with Gasteiger partial charge in [-0.2, -0.15) is 0 Å². The summed E-state index contributed by atoms with van der Waals surface area (Å²) in [6, 6.07) is 4.66. The Labute approximate surface area is 115 Å². The topological polar surface area (TPSA) is 24.5 Å². The van der Waals surface area contributed by atoms with E-state index in [1.165, 1.54) is 6.07 Å². The Morgan fingerprint density at radius 2 is 2.05 bits per heavy atom. The number of ether oxygens (including phenoxy) is 1. The van der Waals surface area contributed by atoms with Gasteiger partial charge in [0.15, 0.2) is 0 Å². The highest BCUT2D eigenvalue weighted by atomic mass is 19.1. The van der Waals surface area contributed by atoms with Gasteiger partial charge in [-0.1, -0.05) is 0 Å². The maximum atomic E-state index is 13.3. The Kier molecular flexibility index (Phi) is 5.76. The van der Waals surface area contributed by atoms with Crippen molar-refractivity contribution in [3.63, 3.8) is 0 Å². The van der Waals surface area contributed by atoms with Crippen molar-refractivity contribution in [3.05, 3.63) is 29.6 Å². The molecule has 0 aliphatic rings. The number of nitrogens with zero attached hydrogens (tertiary/aromatic N) is 1. The first-order valence-corrected chi connectivity index (χ1v) is 6.58. The van der Waals surface area contributed by atoms with Crippen LogP contribution in [0.2, 0.25) is 0 Å². The third-order valence-corrected chi connectivity index (χ3v) is 3.35. The highest BCUT2D eigenvalue weighted by molar-refractivity contribution is 5.34. The number of nitrogens with one attached hydrogen (secondary N) is 1. The van der Waals surface area contributed by atoms with E-state index in [-0.39, 0.29) is 11.4 Å². The zero-order valence-electron chi connectivity index (χ0n) is 12.6. The number of likely N-dealkylation sites (N-methyl/N-ethyl adjacent to an activating group) is 2. The molecule has 0 atom stereocenters. The molecule has 0 aliphatic heterocycles. The lowest BCUT2D eigenvalue weighted by Crippen LogP contribution is -2.46. The summed E-state index contributed by atoms with van der Waals surface area (Å²) in [4.78, 5) is 2.24. The minimum atomic E-state index is -0.214. The van der Waals surface area contributed by atoms with E-state index >= 15 is 0 Å². The molecule has 1 rings (SSSR count). The Morgan fingerprint density at radius 3 is 2.63 bits per heavy atom. The molecule has 3 nitrogen and oxygen atoms in total. The molecule has 0 aliphatic carbocycles. The fourth-order valence-corrected chi connectivity index (χ4v) is 2.09. The Hall–Kier alpha value is -1.13. The van der Waals surface area contributed by atoms with Crippen LogP contribution in [-0.2, 0) is 6.42 Å². The maximum Gasteiger partial charge on any atom is 0.123 e. The third kappa shape index (κ3) is 5.17. The monoisotopic (exact) mass is 268 g/mol. The summed E-state index contributed by atoms with van der Waals surface area (Å²) in [5, 5.41) is 3.28. The molecule has 19 heavy (non-hydrogen) atoms. The standard InChI is InChI=1S/C15H25FN2O/c1-15(2,17-3)11-18(4)9-8-12-10-13(16)6-7-14(12)19-5/h6-7,10,17H,8-9,11H2,1-5H3. The molecule has 0 radical (unpaired) electrons. The van der Waals surface area contributed by atoms with Gasteiger partial charge in [-0.3, -0.25) is 0 Å². The highest BCUT2D eigenvalue weighted by Crippen LogP contribution is 2.20. The smallest absolute Gasteiger partial charge is 0.123 e. The van der Waals surface area contributed by atoms with Gasteiger partial charge in [0.1, 0.15) is 11.6 Å². The zero-order valence-corrected chi connectivity index (χ0v) is 12.6. The normalized spacial score (nSPS) is 11.9. The molecule has 0 aromatic heterocycles. The van der Waals surface area contributed by atoms with Crippen molar-refractivity contribution in [2.75, 3.05) is 34.3 Å². The Balaban J connectivity index is 2.59. The largest absolute Gasteiger partial charge is 0.496 e. The van der Waals surface area contributed by atoms with Gasteiger partial charge in [-0.05, 0) is 58.1 Å². The number of hydrogen-bond acceptors (Lipinski definition) is 3. The van der Waals surface area contributed by atoms with E-state index in [0.29, 0.717) is 0 Å². The molecule has 0 unspecified atom stereocenters. The fourth-order valence-electron chi connectivity index (χ4n) is 2.09. The Bertz CT molecular complexity index is 407. The minimum Gasteiger partial charge on any atom is -0.496 e. The van der Waals surface area contributed by atoms with Gasteiger partial charge in [0.2, 0.25) is 0 Å². The van der Waals surface area contributed by atoms with Crippen LogP contribution in [0.4, 0.5) is 4.39 Å². The van der Waals surface area contributed by atoms with Gasteiger partial charge >= 0.3 is 0 Å². The third-order valence-electron chi connectivity index (χ3n) is 3.35. The van der Waals surface area contributed by atoms with E-state index in [0.717, 1.165) is 30.8 Å². The van der Waals surface area contributed by atoms with Crippen LogP contribution in [-0.4, -0.2) is 44.7 Å². The number of hydrogen-bond donors (Lipinski definition) is 1. The lowest BCUT2D eigenvalue weighted by molar-refractivity contribution is 0.246. The van der Waals surface area contributed by atoms with Crippen molar-refractivity contribution in [2.45, 2.75) is 25.8 Å². The molecule has 0 bridgehead atoms. The number of rotatable bonds is 7. The minimum absolute atomic E-state index is 0.0702. The van der Waals surface area contributed by atoms with Gasteiger partial charge < -0.3 is 15.0 Å². The lowest BCUT2D eigenvalue weighted by atomic mass is 10.0. The summed E-state index contributed by atoms with van der Waals surface area (Å²) in [5.74, 6) is 0.539. The van der Waals surface area contributed by atoms with E-state index in [1.807, 2.05) is 7.05 Å². The van der Waals surface area contributed by atoms with Crippen molar-refractivity contribution in [3.8, 4) is 5.75 Å². The van der Waals surface area contributed by atoms with Crippen LogP contribution >= 0.6 is 0 Å². The predicted octanol–water partition coefficient (Wildman–Crippen LogP) is 2.31. The second-order valence-corrected chi connectivity index (χ2v) is 5.58. The number of benzene rings is 1. The summed E-state index contributed by atoms with van der Waals surface area (Å²) >= 11 is 0. The summed E-state index contributed by atoms with van der Waals surface area (Å²) in [6.45, 7) is 6.12. The predicted molar refractivity (Wildman–Crippen MR) is 77.3 cm³/mol. The summed E-state index contributed by atoms with van der Waals surface area (Å²) in [7, 11) is 5.65. The van der Waals surface area contributed by atoms with Crippen LogP contribution in [0, 0.1) is 5.82 Å². The first-order valence-electron chi connectivity index (χ1n) is 6.58. The second kappa shape index (κ2) is 6.87. The van der Waals surface area contributed by atoms with Crippen LogP contribution in [0.25, 0.3) is 0 Å². The molecular formula is C15H25FN2O. The summed E-state index contributed by atoms with van der Waals surface area (Å²) in [6.07, 6.45) is 0.775. The van der Waals surface area contributed by atoms with Crippen LogP contribution in [0.1, 0.15) is 19.4 Å². The Morgan fingerprint density at radius 1 is 1.37 bits per heavy atom. The van der Waals surface area contributed by atoms with Gasteiger partial charge in [-0.15, -0.1) is 0 Å². The zero-order chi connectivity index (χ0) is 14.5. The fraction of sp³-hybridized carbons (Fsp3) is 0.600. The molecule has 0 amide bonds. The van der Waals surface area contributed by atoms with Crippen LogP contribution in [0.3, 0.4) is 0 Å². The molecule has 1 aromatic rings. The lowest BCUT2D eigenvalue weighted by Gasteiger charge is -2.30. The summed E-state index contributed by atoms with van der Waals surface area (Å²) in [5.41, 5.74) is 0.984. The van der Waals surface area contributed by atoms with Crippen molar-refractivity contribution >= 4 is 0 Å². The number of halogens is 1. The molecule has 1 N–H and O–H groups in total. The van der Waals surface area contributed by atoms with Crippen molar-refractivity contribution in [1.82, 2.24) is 10.2 Å². The number of methoxy groups -OCH3 is 1. The van der Waals surface area contributed by atoms with Crippen LogP contribution in [0.15, 0.2) is 18.2 Å². The molecule has 1 aromatic carbocycles. The average Bonchev–Trinajstić information content (AvgIpc) is 2.36. The van der Waals surface area contributed by atoms with E-state index in [4.69, 9.17) is 4.74 Å².